The summed E-state index contributed by atoms with van der Waals surface area (Å²) in [5.41, 5.74) is 1.49. The maximum Gasteiger partial charge on any atom is 0.416 e. The molecule has 0 radical (unpaired) electrons. The molecule has 1 N–H and O–H groups in total. The van der Waals surface area contributed by atoms with E-state index in [1.165, 1.54) is 28.5 Å². The van der Waals surface area contributed by atoms with Crippen molar-refractivity contribution < 1.29 is 17.6 Å². The lowest BCUT2D eigenvalue weighted by Gasteiger charge is -2.36. The highest BCUT2D eigenvalue weighted by Gasteiger charge is 2.31. The zero-order chi connectivity index (χ0) is 22.6. The Bertz CT molecular complexity index is 1380. The van der Waals surface area contributed by atoms with Gasteiger partial charge in [-0.25, -0.2) is 4.39 Å². The molecule has 1 aliphatic heterocycles. The molecule has 0 saturated carbocycles. The number of benzene rings is 2. The second kappa shape index (κ2) is 7.34. The minimum absolute atomic E-state index is 0.0582. The van der Waals surface area contributed by atoms with Crippen LogP contribution >= 0.6 is 0 Å². The number of hydrogen-bond acceptors (Lipinski definition) is 2. The van der Waals surface area contributed by atoms with Crippen molar-refractivity contribution >= 4 is 10.9 Å². The van der Waals surface area contributed by atoms with Crippen LogP contribution in [0.1, 0.15) is 17.0 Å². The summed E-state index contributed by atoms with van der Waals surface area (Å²) in [6, 6.07) is 10.7. The molecule has 0 atom stereocenters. The second-order valence-electron chi connectivity index (χ2n) is 8.21. The standard InChI is InChI=1S/C24H19F4N3O/c1-30-12-15(13-30)20-11-29-22-10-17(3-5-19(20)22)31-7-6-14(8-23(31)32)18-4-2-16(9-21(18)25)24(26,27)28/h2-11,15,29H,12-13H2,1H3. The molecule has 8 heteroatoms. The third kappa shape index (κ3) is 3.50. The van der Waals surface area contributed by atoms with Gasteiger partial charge in [0, 0.05) is 53.9 Å². The number of H-pyrrole nitrogens is 1. The Kier molecular flexibility index (Phi) is 4.70. The first-order valence-corrected chi connectivity index (χ1v) is 10.1. The molecule has 1 saturated heterocycles. The van der Waals surface area contributed by atoms with Crippen LogP contribution in [0.2, 0.25) is 0 Å². The van der Waals surface area contributed by atoms with Crippen molar-refractivity contribution in [1.82, 2.24) is 14.5 Å². The molecule has 0 spiro atoms. The molecular formula is C24H19F4N3O. The van der Waals surface area contributed by atoms with Crippen LogP contribution in [0.15, 0.2) is 65.7 Å². The van der Waals surface area contributed by atoms with Gasteiger partial charge in [0.2, 0.25) is 0 Å². The number of hydrogen-bond donors (Lipinski definition) is 1. The molecule has 0 bridgehead atoms. The number of likely N-dealkylation sites (tertiary alicyclic amines) is 1. The SMILES string of the molecule is CN1CC(c2c[nH]c3cc(-n4ccc(-c5ccc(C(F)(F)F)cc5F)cc4=O)ccc23)C1. The number of fused-ring (bicyclic) bond motifs is 1. The number of alkyl halides is 3. The van der Waals surface area contributed by atoms with Gasteiger partial charge >= 0.3 is 6.18 Å². The van der Waals surface area contributed by atoms with Crippen molar-refractivity contribution in [3.63, 3.8) is 0 Å². The summed E-state index contributed by atoms with van der Waals surface area (Å²) in [5.74, 6) is -0.542. The van der Waals surface area contributed by atoms with E-state index >= 15 is 0 Å². The fraction of sp³-hybridized carbons (Fsp3) is 0.208. The number of pyridine rings is 1. The highest BCUT2D eigenvalue weighted by atomic mass is 19.4. The fourth-order valence-corrected chi connectivity index (χ4v) is 4.31. The highest BCUT2D eigenvalue weighted by molar-refractivity contribution is 5.85. The Balaban J connectivity index is 1.47. The third-order valence-corrected chi connectivity index (χ3v) is 6.01. The monoisotopic (exact) mass is 441 g/mol. The molecule has 4 aromatic rings. The molecule has 2 aromatic heterocycles. The summed E-state index contributed by atoms with van der Waals surface area (Å²) in [6.07, 6.45) is -1.13. The normalized spacial score (nSPS) is 15.3. The Hall–Kier alpha value is -3.39. The Morgan fingerprint density at radius 2 is 1.81 bits per heavy atom. The number of nitrogens with one attached hydrogen (secondary N) is 1. The van der Waals surface area contributed by atoms with Gasteiger partial charge in [0.05, 0.1) is 11.3 Å². The summed E-state index contributed by atoms with van der Waals surface area (Å²) >= 11 is 0. The molecule has 164 valence electrons. The van der Waals surface area contributed by atoms with E-state index in [1.807, 2.05) is 24.4 Å². The van der Waals surface area contributed by atoms with Crippen LogP contribution in [0.3, 0.4) is 0 Å². The number of likely N-dealkylation sites (N-methyl/N-ethyl adjacent to an activating group) is 1. The van der Waals surface area contributed by atoms with E-state index in [4.69, 9.17) is 0 Å². The molecule has 3 heterocycles. The van der Waals surface area contributed by atoms with E-state index in [-0.39, 0.29) is 11.1 Å². The van der Waals surface area contributed by atoms with E-state index < -0.39 is 23.1 Å². The van der Waals surface area contributed by atoms with E-state index in [0.717, 1.165) is 36.1 Å². The lowest BCUT2D eigenvalue weighted by Crippen LogP contribution is -2.41. The van der Waals surface area contributed by atoms with Crippen LogP contribution < -0.4 is 5.56 Å². The van der Waals surface area contributed by atoms with E-state index in [0.29, 0.717) is 17.7 Å². The van der Waals surface area contributed by atoms with Crippen molar-refractivity contribution in [3.8, 4) is 16.8 Å². The quantitative estimate of drug-likeness (QED) is 0.446. The lowest BCUT2D eigenvalue weighted by atomic mass is 9.92. The molecule has 1 fully saturated rings. The summed E-state index contributed by atoms with van der Waals surface area (Å²) < 4.78 is 54.1. The van der Waals surface area contributed by atoms with E-state index in [9.17, 15) is 22.4 Å². The summed E-state index contributed by atoms with van der Waals surface area (Å²) in [4.78, 5) is 18.3. The first kappa shape index (κ1) is 20.5. The van der Waals surface area contributed by atoms with Gasteiger partial charge in [-0.2, -0.15) is 13.2 Å². The van der Waals surface area contributed by atoms with Crippen molar-refractivity contribution in [1.29, 1.82) is 0 Å². The minimum Gasteiger partial charge on any atom is -0.361 e. The topological polar surface area (TPSA) is 41.0 Å². The smallest absolute Gasteiger partial charge is 0.361 e. The van der Waals surface area contributed by atoms with Crippen LogP contribution in [0, 0.1) is 5.82 Å². The Labute approximate surface area is 180 Å². The molecule has 0 aliphatic carbocycles. The number of nitrogens with zero attached hydrogens (tertiary/aromatic N) is 2. The largest absolute Gasteiger partial charge is 0.416 e. The molecule has 2 aromatic carbocycles. The molecular weight excluding hydrogens is 422 g/mol. The molecule has 4 nitrogen and oxygen atoms in total. The molecule has 32 heavy (non-hydrogen) atoms. The van der Waals surface area contributed by atoms with Crippen molar-refractivity contribution in [2.75, 3.05) is 20.1 Å². The van der Waals surface area contributed by atoms with Crippen molar-refractivity contribution in [2.45, 2.75) is 12.1 Å². The van der Waals surface area contributed by atoms with Crippen LogP contribution in [0.5, 0.6) is 0 Å². The maximum atomic E-state index is 14.3. The van der Waals surface area contributed by atoms with Crippen LogP contribution in [-0.2, 0) is 6.18 Å². The van der Waals surface area contributed by atoms with E-state index in [1.54, 1.807) is 0 Å². The molecule has 0 amide bonds. The average Bonchev–Trinajstić information content (AvgIpc) is 3.13. The molecule has 5 rings (SSSR count). The van der Waals surface area contributed by atoms with Crippen molar-refractivity contribution in [2.24, 2.45) is 0 Å². The van der Waals surface area contributed by atoms with Crippen LogP contribution in [0.25, 0.3) is 27.7 Å². The van der Waals surface area contributed by atoms with Gasteiger partial charge in [0.1, 0.15) is 5.82 Å². The number of halogens is 4. The fourth-order valence-electron chi connectivity index (χ4n) is 4.31. The first-order chi connectivity index (χ1) is 15.2. The van der Waals surface area contributed by atoms with Gasteiger partial charge in [0.25, 0.3) is 5.56 Å². The predicted octanol–water partition coefficient (Wildman–Crippen LogP) is 5.17. The van der Waals surface area contributed by atoms with Gasteiger partial charge in [-0.05, 0) is 48.5 Å². The average molecular weight is 441 g/mol. The Morgan fingerprint density at radius 1 is 1.03 bits per heavy atom. The second-order valence-corrected chi connectivity index (χ2v) is 8.21. The summed E-state index contributed by atoms with van der Waals surface area (Å²) in [5, 5.41) is 1.11. The summed E-state index contributed by atoms with van der Waals surface area (Å²) in [6.45, 7) is 2.02. The maximum absolute atomic E-state index is 14.3. The minimum atomic E-state index is -4.63. The van der Waals surface area contributed by atoms with Gasteiger partial charge < -0.3 is 9.88 Å². The lowest BCUT2D eigenvalue weighted by molar-refractivity contribution is -0.137. The predicted molar refractivity (Wildman–Crippen MR) is 115 cm³/mol. The number of aromatic nitrogens is 2. The zero-order valence-corrected chi connectivity index (χ0v) is 17.1. The number of aromatic amines is 1. The Morgan fingerprint density at radius 3 is 2.47 bits per heavy atom. The zero-order valence-electron chi connectivity index (χ0n) is 17.1. The molecule has 1 aliphatic rings. The van der Waals surface area contributed by atoms with Crippen LogP contribution in [-0.4, -0.2) is 34.6 Å². The summed E-state index contributed by atoms with van der Waals surface area (Å²) in [7, 11) is 2.08. The van der Waals surface area contributed by atoms with Gasteiger partial charge in [-0.1, -0.05) is 12.1 Å². The van der Waals surface area contributed by atoms with Gasteiger partial charge in [0.15, 0.2) is 0 Å². The third-order valence-electron chi connectivity index (χ3n) is 6.01. The van der Waals surface area contributed by atoms with Crippen LogP contribution in [0.4, 0.5) is 17.6 Å². The van der Waals surface area contributed by atoms with Gasteiger partial charge in [-0.15, -0.1) is 0 Å². The first-order valence-electron chi connectivity index (χ1n) is 10.1. The van der Waals surface area contributed by atoms with Crippen molar-refractivity contribution in [3.05, 3.63) is 88.2 Å². The highest BCUT2D eigenvalue weighted by Crippen LogP contribution is 2.34. The van der Waals surface area contributed by atoms with E-state index in [2.05, 4.69) is 16.9 Å². The number of rotatable bonds is 3. The molecule has 0 unspecified atom stereocenters. The van der Waals surface area contributed by atoms with Gasteiger partial charge in [-0.3, -0.25) is 9.36 Å².